The third kappa shape index (κ3) is 4.42. The number of carbonyl (C=O) groups excluding carboxylic acids is 2. The Morgan fingerprint density at radius 1 is 1.00 bits per heavy atom. The molecule has 0 aliphatic carbocycles. The molecule has 1 aromatic carbocycles. The van der Waals surface area contributed by atoms with Gasteiger partial charge in [-0.25, -0.2) is 0 Å². The molecule has 1 saturated heterocycles. The first-order valence-electron chi connectivity index (χ1n) is 9.97. The number of nitrogens with one attached hydrogen (secondary N) is 1. The summed E-state index contributed by atoms with van der Waals surface area (Å²) in [6.07, 6.45) is 4.34. The van der Waals surface area contributed by atoms with Crippen molar-refractivity contribution in [2.75, 3.05) is 23.3 Å². The maximum Gasteiger partial charge on any atom is 0.224 e. The summed E-state index contributed by atoms with van der Waals surface area (Å²) in [7, 11) is 0. The van der Waals surface area contributed by atoms with Crippen LogP contribution < -0.4 is 10.2 Å². The van der Waals surface area contributed by atoms with Crippen LogP contribution in [0.2, 0.25) is 0 Å². The molecule has 2 aromatic heterocycles. The molecule has 0 bridgehead atoms. The highest BCUT2D eigenvalue weighted by Crippen LogP contribution is 2.18. The molecule has 0 unspecified atom stereocenters. The van der Waals surface area contributed by atoms with Crippen LogP contribution in [0.15, 0.2) is 36.4 Å². The van der Waals surface area contributed by atoms with E-state index >= 15 is 0 Å². The van der Waals surface area contributed by atoms with Crippen LogP contribution in [0.25, 0.3) is 5.65 Å². The smallest absolute Gasteiger partial charge is 0.224 e. The van der Waals surface area contributed by atoms with Crippen LogP contribution in [0, 0.1) is 0 Å². The fourth-order valence-electron chi connectivity index (χ4n) is 3.51. The summed E-state index contributed by atoms with van der Waals surface area (Å²) in [4.78, 5) is 25.9. The van der Waals surface area contributed by atoms with E-state index in [4.69, 9.17) is 5.10 Å². The number of aromatic nitrogens is 4. The molecule has 4 rings (SSSR count). The Morgan fingerprint density at radius 2 is 1.76 bits per heavy atom. The van der Waals surface area contributed by atoms with Crippen molar-refractivity contribution in [1.82, 2.24) is 19.8 Å². The largest absolute Gasteiger partial charge is 0.355 e. The van der Waals surface area contributed by atoms with Crippen LogP contribution in [0.1, 0.15) is 48.8 Å². The van der Waals surface area contributed by atoms with Gasteiger partial charge >= 0.3 is 0 Å². The van der Waals surface area contributed by atoms with Crippen molar-refractivity contribution in [3.05, 3.63) is 47.8 Å². The van der Waals surface area contributed by atoms with Crippen molar-refractivity contribution < 1.29 is 9.59 Å². The van der Waals surface area contributed by atoms with E-state index in [1.807, 2.05) is 12.1 Å². The van der Waals surface area contributed by atoms with Crippen molar-refractivity contribution in [2.45, 2.75) is 39.0 Å². The number of hydrogen-bond acceptors (Lipinski definition) is 6. The van der Waals surface area contributed by atoms with Gasteiger partial charge in [0.15, 0.2) is 17.3 Å². The second kappa shape index (κ2) is 8.38. The topological polar surface area (TPSA) is 92.5 Å². The van der Waals surface area contributed by atoms with E-state index < -0.39 is 0 Å². The number of amides is 1. The summed E-state index contributed by atoms with van der Waals surface area (Å²) in [6.45, 7) is 3.54. The summed E-state index contributed by atoms with van der Waals surface area (Å²) >= 11 is 0. The molecule has 0 spiro atoms. The Bertz CT molecular complexity index is 1020. The number of aryl methyl sites for hydroxylation is 1. The highest BCUT2D eigenvalue weighted by molar-refractivity contribution is 5.95. The number of benzene rings is 1. The molecule has 1 fully saturated rings. The first kappa shape index (κ1) is 19.0. The average molecular weight is 392 g/mol. The van der Waals surface area contributed by atoms with Crippen LogP contribution in [-0.4, -0.2) is 44.6 Å². The number of rotatable bonds is 6. The number of nitrogens with zero attached hydrogens (tertiary/aromatic N) is 5. The van der Waals surface area contributed by atoms with Gasteiger partial charge in [0.2, 0.25) is 5.91 Å². The van der Waals surface area contributed by atoms with Gasteiger partial charge in [0.25, 0.3) is 0 Å². The van der Waals surface area contributed by atoms with Gasteiger partial charge in [-0.3, -0.25) is 9.59 Å². The fourth-order valence-corrected chi connectivity index (χ4v) is 3.51. The van der Waals surface area contributed by atoms with Crippen LogP contribution in [0.3, 0.4) is 0 Å². The van der Waals surface area contributed by atoms with Gasteiger partial charge in [-0.05, 0) is 62.6 Å². The average Bonchev–Trinajstić information content (AvgIpc) is 3.15. The second-order valence-electron chi connectivity index (χ2n) is 7.31. The van der Waals surface area contributed by atoms with Gasteiger partial charge in [0.05, 0.1) is 0 Å². The molecule has 3 heterocycles. The molecule has 0 saturated carbocycles. The molecule has 3 aromatic rings. The molecule has 150 valence electrons. The zero-order chi connectivity index (χ0) is 20.2. The Labute approximate surface area is 168 Å². The first-order valence-corrected chi connectivity index (χ1v) is 9.97. The Kier molecular flexibility index (Phi) is 5.50. The summed E-state index contributed by atoms with van der Waals surface area (Å²) in [6, 6.07) is 10.8. The highest BCUT2D eigenvalue weighted by atomic mass is 16.1. The molecule has 1 N–H and O–H groups in total. The van der Waals surface area contributed by atoms with Crippen molar-refractivity contribution >= 4 is 28.8 Å². The second-order valence-corrected chi connectivity index (χ2v) is 7.31. The van der Waals surface area contributed by atoms with Crippen LogP contribution >= 0.6 is 0 Å². The monoisotopic (exact) mass is 392 g/mol. The maximum atomic E-state index is 12.3. The van der Waals surface area contributed by atoms with Crippen molar-refractivity contribution in [3.63, 3.8) is 0 Å². The van der Waals surface area contributed by atoms with Crippen LogP contribution in [-0.2, 0) is 11.2 Å². The van der Waals surface area contributed by atoms with Crippen molar-refractivity contribution in [1.29, 1.82) is 0 Å². The predicted molar refractivity (Wildman–Crippen MR) is 110 cm³/mol. The maximum absolute atomic E-state index is 12.3. The number of piperidine rings is 1. The quantitative estimate of drug-likeness (QED) is 0.649. The van der Waals surface area contributed by atoms with Crippen molar-refractivity contribution in [2.24, 2.45) is 0 Å². The normalized spacial score (nSPS) is 14.2. The summed E-state index contributed by atoms with van der Waals surface area (Å²) in [5.41, 5.74) is 1.96. The van der Waals surface area contributed by atoms with Gasteiger partial charge in [0, 0.05) is 37.2 Å². The summed E-state index contributed by atoms with van der Waals surface area (Å²) in [5, 5.41) is 15.9. The molecule has 29 heavy (non-hydrogen) atoms. The minimum absolute atomic E-state index is 0.00187. The van der Waals surface area contributed by atoms with E-state index in [-0.39, 0.29) is 18.1 Å². The van der Waals surface area contributed by atoms with Gasteiger partial charge in [-0.2, -0.15) is 4.52 Å². The zero-order valence-corrected chi connectivity index (χ0v) is 16.5. The van der Waals surface area contributed by atoms with E-state index in [0.29, 0.717) is 29.1 Å². The lowest BCUT2D eigenvalue weighted by atomic mass is 10.1. The number of anilines is 2. The van der Waals surface area contributed by atoms with E-state index in [1.54, 1.807) is 28.8 Å². The third-order valence-corrected chi connectivity index (χ3v) is 5.14. The van der Waals surface area contributed by atoms with Gasteiger partial charge in [-0.1, -0.05) is 0 Å². The predicted octanol–water partition coefficient (Wildman–Crippen LogP) is 2.89. The molecule has 1 amide bonds. The third-order valence-electron chi connectivity index (χ3n) is 5.14. The fraction of sp³-hybridized carbons (Fsp3) is 0.381. The molecule has 8 nitrogen and oxygen atoms in total. The Morgan fingerprint density at radius 3 is 2.48 bits per heavy atom. The number of hydrogen-bond donors (Lipinski definition) is 1. The lowest BCUT2D eigenvalue weighted by Crippen LogP contribution is -2.30. The SMILES string of the molecule is CC(=O)c1ccc(NC(=O)CCc2nnc3ccc(N4CCCCC4)nn23)cc1. The van der Waals surface area contributed by atoms with Crippen LogP contribution in [0.5, 0.6) is 0 Å². The molecule has 8 heteroatoms. The molecule has 1 aliphatic rings. The number of fused-ring (bicyclic) bond motifs is 1. The molecular weight excluding hydrogens is 368 g/mol. The van der Waals surface area contributed by atoms with E-state index in [2.05, 4.69) is 20.4 Å². The zero-order valence-electron chi connectivity index (χ0n) is 16.5. The van der Waals surface area contributed by atoms with Crippen LogP contribution in [0.4, 0.5) is 11.5 Å². The standard InChI is InChI=1S/C21H24N6O2/c1-15(28)16-5-7-17(8-6-16)22-21(29)12-11-19-24-23-18-9-10-20(25-27(18)19)26-13-3-2-4-14-26/h5-10H,2-4,11-14H2,1H3,(H,22,29). The van der Waals surface area contributed by atoms with Crippen molar-refractivity contribution in [3.8, 4) is 0 Å². The molecule has 1 aliphatic heterocycles. The van der Waals surface area contributed by atoms with E-state index in [9.17, 15) is 9.59 Å². The number of ketones is 1. The Hall–Kier alpha value is -3.29. The highest BCUT2D eigenvalue weighted by Gasteiger charge is 2.15. The van der Waals surface area contributed by atoms with E-state index in [0.717, 1.165) is 18.9 Å². The molecular formula is C21H24N6O2. The minimum atomic E-state index is -0.121. The van der Waals surface area contributed by atoms with Gasteiger partial charge in [0.1, 0.15) is 5.82 Å². The summed E-state index contributed by atoms with van der Waals surface area (Å²) in [5.74, 6) is 1.47. The van der Waals surface area contributed by atoms with E-state index in [1.165, 1.54) is 26.2 Å². The summed E-state index contributed by atoms with van der Waals surface area (Å²) < 4.78 is 1.73. The first-order chi connectivity index (χ1) is 14.1. The Balaban J connectivity index is 1.40. The number of carbonyl (C=O) groups is 2. The minimum Gasteiger partial charge on any atom is -0.355 e. The lowest BCUT2D eigenvalue weighted by Gasteiger charge is -2.27. The van der Waals surface area contributed by atoms with Gasteiger partial charge < -0.3 is 10.2 Å². The van der Waals surface area contributed by atoms with Gasteiger partial charge in [-0.15, -0.1) is 15.3 Å². The molecule has 0 radical (unpaired) electrons. The number of Topliss-reactive ketones (excluding diaryl/α,β-unsaturated/α-hetero) is 1. The lowest BCUT2D eigenvalue weighted by molar-refractivity contribution is -0.116. The molecule has 0 atom stereocenters.